The largest absolute Gasteiger partial charge is 0.452 e. The number of nitrogens with zero attached hydrogens (tertiary/aromatic N) is 1. The normalized spacial score (nSPS) is 25.1. The summed E-state index contributed by atoms with van der Waals surface area (Å²) >= 11 is 0. The molecule has 0 aromatic heterocycles. The van der Waals surface area contributed by atoms with Crippen LogP contribution in [0.15, 0.2) is 72.8 Å². The van der Waals surface area contributed by atoms with E-state index in [4.69, 9.17) is 4.74 Å². The minimum Gasteiger partial charge on any atom is -0.452 e. The molecule has 1 aliphatic heterocycles. The molecule has 1 heterocycles. The number of anilines is 2. The van der Waals surface area contributed by atoms with Gasteiger partial charge >= 0.3 is 5.97 Å². The minimum absolute atomic E-state index is 0.146. The zero-order chi connectivity index (χ0) is 27.3. The molecule has 2 saturated carbocycles. The number of hydrogen-bond donors (Lipinski definition) is 1. The third kappa shape index (κ3) is 4.42. The number of esters is 1. The van der Waals surface area contributed by atoms with E-state index in [2.05, 4.69) is 17.4 Å². The second-order valence-corrected chi connectivity index (χ2v) is 10.9. The van der Waals surface area contributed by atoms with Crippen LogP contribution in [-0.2, 0) is 19.1 Å². The van der Waals surface area contributed by atoms with Crippen LogP contribution in [0.25, 0.3) is 0 Å². The summed E-state index contributed by atoms with van der Waals surface area (Å²) in [7, 11) is 0. The lowest BCUT2D eigenvalue weighted by molar-refractivity contribution is -0.123. The Morgan fingerprint density at radius 1 is 0.872 bits per heavy atom. The summed E-state index contributed by atoms with van der Waals surface area (Å²) in [4.78, 5) is 53.4. The van der Waals surface area contributed by atoms with Gasteiger partial charge in [-0.3, -0.25) is 19.3 Å². The van der Waals surface area contributed by atoms with Gasteiger partial charge in [-0.25, -0.2) is 4.79 Å². The Labute approximate surface area is 227 Å². The van der Waals surface area contributed by atoms with Crippen molar-refractivity contribution < 1.29 is 23.9 Å². The molecule has 1 N–H and O–H groups in total. The summed E-state index contributed by atoms with van der Waals surface area (Å²) in [5, 5.41) is 2.72. The van der Waals surface area contributed by atoms with E-state index in [-0.39, 0.29) is 47.0 Å². The summed E-state index contributed by atoms with van der Waals surface area (Å²) in [6.45, 7) is 3.48. The Hall–Kier alpha value is -4.26. The molecule has 198 valence electrons. The molecule has 7 heteroatoms. The molecule has 3 aliphatic rings. The van der Waals surface area contributed by atoms with Crippen LogP contribution in [0.4, 0.5) is 11.4 Å². The minimum atomic E-state index is -0.699. The highest BCUT2D eigenvalue weighted by Gasteiger charge is 2.64. The maximum Gasteiger partial charge on any atom is 0.338 e. The number of carbonyl (C=O) groups is 4. The standard InChI is InChI=1S/C32H30N2O5/c1-18-11-12-23(13-19(18)2)33-27(35)17-39-32(38)21-9-6-10-24(14-21)34-30(36)28-22-15-25(20-7-4-3-5-8-20)26(16-22)29(28)31(34)37/h3-14,22,25-26,28-29H,15-17H2,1-2H3,(H,33,35)/t22-,25+,26+,28+,29-/m0/s1. The lowest BCUT2D eigenvalue weighted by Crippen LogP contribution is -2.33. The van der Waals surface area contributed by atoms with Crippen LogP contribution in [0.1, 0.15) is 45.8 Å². The third-order valence-electron chi connectivity index (χ3n) is 8.71. The van der Waals surface area contributed by atoms with Gasteiger partial charge in [0.05, 0.1) is 23.1 Å². The highest BCUT2D eigenvalue weighted by Crippen LogP contribution is 2.61. The number of amides is 3. The van der Waals surface area contributed by atoms with Crippen LogP contribution < -0.4 is 10.2 Å². The van der Waals surface area contributed by atoms with Crippen molar-refractivity contribution >= 4 is 35.1 Å². The predicted octanol–water partition coefficient (Wildman–Crippen LogP) is 5.03. The smallest absolute Gasteiger partial charge is 0.338 e. The zero-order valence-corrected chi connectivity index (χ0v) is 21.9. The number of benzene rings is 3. The Kier molecular flexibility index (Phi) is 6.29. The summed E-state index contributed by atoms with van der Waals surface area (Å²) < 4.78 is 5.23. The monoisotopic (exact) mass is 522 g/mol. The molecule has 0 spiro atoms. The Balaban J connectivity index is 1.13. The fraction of sp³-hybridized carbons (Fsp3) is 0.312. The van der Waals surface area contributed by atoms with Crippen molar-refractivity contribution in [3.63, 3.8) is 0 Å². The summed E-state index contributed by atoms with van der Waals surface area (Å²) in [6.07, 6.45) is 1.82. The van der Waals surface area contributed by atoms with Gasteiger partial charge in [-0.15, -0.1) is 0 Å². The van der Waals surface area contributed by atoms with Crippen LogP contribution in [0.2, 0.25) is 0 Å². The summed E-state index contributed by atoms with van der Waals surface area (Å²) in [5.74, 6) is -1.52. The Morgan fingerprint density at radius 2 is 1.64 bits per heavy atom. The van der Waals surface area contributed by atoms with Crippen LogP contribution in [0, 0.1) is 37.5 Å². The van der Waals surface area contributed by atoms with E-state index in [0.29, 0.717) is 11.4 Å². The Morgan fingerprint density at radius 3 is 2.41 bits per heavy atom. The van der Waals surface area contributed by atoms with Crippen molar-refractivity contribution in [1.82, 2.24) is 0 Å². The van der Waals surface area contributed by atoms with Gasteiger partial charge < -0.3 is 10.1 Å². The average molecular weight is 523 g/mol. The third-order valence-corrected chi connectivity index (χ3v) is 8.71. The molecule has 2 aliphatic carbocycles. The molecular formula is C32H30N2O5. The maximum absolute atomic E-state index is 13.6. The van der Waals surface area contributed by atoms with Gasteiger partial charge in [0.2, 0.25) is 11.8 Å². The van der Waals surface area contributed by atoms with Crippen LogP contribution in [0.5, 0.6) is 0 Å². The molecule has 3 aromatic carbocycles. The van der Waals surface area contributed by atoms with Crippen molar-refractivity contribution in [2.45, 2.75) is 32.6 Å². The number of hydrogen-bond acceptors (Lipinski definition) is 5. The van der Waals surface area contributed by atoms with Crippen molar-refractivity contribution in [3.8, 4) is 0 Å². The molecule has 3 fully saturated rings. The van der Waals surface area contributed by atoms with Crippen molar-refractivity contribution in [3.05, 3.63) is 95.1 Å². The topological polar surface area (TPSA) is 92.8 Å². The van der Waals surface area contributed by atoms with E-state index in [1.165, 1.54) is 16.5 Å². The fourth-order valence-electron chi connectivity index (χ4n) is 6.80. The molecule has 6 rings (SSSR count). The molecule has 2 bridgehead atoms. The van der Waals surface area contributed by atoms with Crippen LogP contribution >= 0.6 is 0 Å². The fourth-order valence-corrected chi connectivity index (χ4v) is 6.80. The highest BCUT2D eigenvalue weighted by molar-refractivity contribution is 6.23. The Bertz CT molecular complexity index is 1480. The first kappa shape index (κ1) is 25.0. The molecule has 1 saturated heterocycles. The van der Waals surface area contributed by atoms with E-state index in [1.54, 1.807) is 24.3 Å². The molecular weight excluding hydrogens is 492 g/mol. The quantitative estimate of drug-likeness (QED) is 0.362. The van der Waals surface area contributed by atoms with Gasteiger partial charge in [-0.1, -0.05) is 42.5 Å². The molecule has 39 heavy (non-hydrogen) atoms. The van der Waals surface area contributed by atoms with Gasteiger partial charge in [0.1, 0.15) is 0 Å². The number of nitrogens with one attached hydrogen (secondary N) is 1. The number of rotatable bonds is 6. The van der Waals surface area contributed by atoms with Gasteiger partial charge in [0, 0.05) is 5.69 Å². The lowest BCUT2D eigenvalue weighted by atomic mass is 9.73. The zero-order valence-electron chi connectivity index (χ0n) is 21.9. The van der Waals surface area contributed by atoms with Crippen molar-refractivity contribution in [2.75, 3.05) is 16.8 Å². The first-order valence-corrected chi connectivity index (χ1v) is 13.4. The van der Waals surface area contributed by atoms with Gasteiger partial charge in [-0.05, 0) is 91.5 Å². The SMILES string of the molecule is Cc1ccc(NC(=O)COC(=O)c2cccc(N3C(=O)[C@@H]4[C@@H]5C[C@@H]([C@@H]4C3=O)[C@@H](c3ccccc3)C5)c2)cc1C. The summed E-state index contributed by atoms with van der Waals surface area (Å²) in [6, 6.07) is 22.1. The van der Waals surface area contributed by atoms with Gasteiger partial charge in [-0.2, -0.15) is 0 Å². The average Bonchev–Trinajstić information content (AvgIpc) is 3.61. The first-order valence-electron chi connectivity index (χ1n) is 13.4. The molecule has 7 nitrogen and oxygen atoms in total. The molecule has 3 amide bonds. The number of imide groups is 1. The van der Waals surface area contributed by atoms with E-state index >= 15 is 0 Å². The molecule has 0 unspecified atom stereocenters. The van der Waals surface area contributed by atoms with Crippen LogP contribution in [-0.4, -0.2) is 30.3 Å². The van der Waals surface area contributed by atoms with Crippen molar-refractivity contribution in [1.29, 1.82) is 0 Å². The van der Waals surface area contributed by atoms with E-state index in [0.717, 1.165) is 24.0 Å². The number of ether oxygens (including phenoxy) is 1. The summed E-state index contributed by atoms with van der Waals surface area (Å²) in [5.41, 5.74) is 4.55. The van der Waals surface area contributed by atoms with Gasteiger partial charge in [0.25, 0.3) is 5.91 Å². The second kappa shape index (κ2) is 9.80. The van der Waals surface area contributed by atoms with E-state index < -0.39 is 18.5 Å². The van der Waals surface area contributed by atoms with Crippen LogP contribution in [0.3, 0.4) is 0 Å². The predicted molar refractivity (Wildman–Crippen MR) is 146 cm³/mol. The first-order chi connectivity index (χ1) is 18.8. The molecule has 3 aromatic rings. The maximum atomic E-state index is 13.6. The van der Waals surface area contributed by atoms with Gasteiger partial charge in [0.15, 0.2) is 6.61 Å². The molecule has 5 atom stereocenters. The molecule has 0 radical (unpaired) electrons. The second-order valence-electron chi connectivity index (χ2n) is 10.9. The number of carbonyl (C=O) groups excluding carboxylic acids is 4. The van der Waals surface area contributed by atoms with Crippen molar-refractivity contribution in [2.24, 2.45) is 23.7 Å². The number of aryl methyl sites for hydroxylation is 2. The highest BCUT2D eigenvalue weighted by atomic mass is 16.5. The van der Waals surface area contributed by atoms with E-state index in [9.17, 15) is 19.2 Å². The number of fused-ring (bicyclic) bond motifs is 5. The lowest BCUT2D eigenvalue weighted by Gasteiger charge is -2.28. The van der Waals surface area contributed by atoms with E-state index in [1.807, 2.05) is 44.2 Å².